The van der Waals surface area contributed by atoms with Crippen LogP contribution in [0, 0.1) is 11.6 Å². The van der Waals surface area contributed by atoms with E-state index in [9.17, 15) is 23.2 Å². The lowest BCUT2D eigenvalue weighted by atomic mass is 10.1. The molecule has 1 amide bonds. The second kappa shape index (κ2) is 9.10. The van der Waals surface area contributed by atoms with Crippen LogP contribution < -0.4 is 5.32 Å². The van der Waals surface area contributed by atoms with Crippen molar-refractivity contribution in [1.82, 2.24) is 0 Å². The number of anilines is 1. The van der Waals surface area contributed by atoms with Gasteiger partial charge in [-0.05, 0) is 37.3 Å². The van der Waals surface area contributed by atoms with Crippen molar-refractivity contribution >= 4 is 35.1 Å². The highest BCUT2D eigenvalue weighted by atomic mass is 32.2. The molecule has 1 N–H and O–H groups in total. The summed E-state index contributed by atoms with van der Waals surface area (Å²) in [4.78, 5) is 34.7. The van der Waals surface area contributed by atoms with E-state index >= 15 is 0 Å². The van der Waals surface area contributed by atoms with E-state index in [0.717, 1.165) is 30.0 Å². The molecule has 5 nitrogen and oxygen atoms in total. The maximum absolute atomic E-state index is 13.4. The number of hydrogen-bond acceptors (Lipinski definition) is 5. The second-order valence-corrected chi connectivity index (χ2v) is 6.23. The molecule has 0 atom stereocenters. The van der Waals surface area contributed by atoms with E-state index in [0.29, 0.717) is 11.3 Å². The Morgan fingerprint density at radius 3 is 2.62 bits per heavy atom. The SMILES string of the molecule is CC(=O)c1cccc(NC(=O)COC(=O)CSc2cc(F)ccc2F)c1. The Hall–Kier alpha value is -2.74. The Labute approximate surface area is 152 Å². The Bertz CT molecular complexity index is 842. The number of benzene rings is 2. The summed E-state index contributed by atoms with van der Waals surface area (Å²) in [5, 5.41) is 2.50. The van der Waals surface area contributed by atoms with Gasteiger partial charge in [-0.1, -0.05) is 12.1 Å². The normalized spacial score (nSPS) is 10.3. The molecular weight excluding hydrogens is 364 g/mol. The molecule has 8 heteroatoms. The van der Waals surface area contributed by atoms with Gasteiger partial charge in [-0.25, -0.2) is 8.78 Å². The summed E-state index contributed by atoms with van der Waals surface area (Å²) in [7, 11) is 0. The third-order valence-corrected chi connectivity index (χ3v) is 4.16. The van der Waals surface area contributed by atoms with E-state index in [-0.39, 0.29) is 16.4 Å². The largest absolute Gasteiger partial charge is 0.455 e. The summed E-state index contributed by atoms with van der Waals surface area (Å²) < 4.78 is 31.3. The fourth-order valence-electron chi connectivity index (χ4n) is 1.93. The lowest BCUT2D eigenvalue weighted by Crippen LogP contribution is -2.21. The van der Waals surface area contributed by atoms with E-state index < -0.39 is 30.1 Å². The van der Waals surface area contributed by atoms with Crippen LogP contribution in [0.4, 0.5) is 14.5 Å². The molecular formula is C18H15F2NO4S. The zero-order valence-corrected chi connectivity index (χ0v) is 14.6. The summed E-state index contributed by atoms with van der Waals surface area (Å²) in [5.74, 6) is -3.00. The molecule has 0 saturated heterocycles. The van der Waals surface area contributed by atoms with Crippen molar-refractivity contribution in [3.05, 3.63) is 59.7 Å². The van der Waals surface area contributed by atoms with E-state index in [4.69, 9.17) is 4.74 Å². The topological polar surface area (TPSA) is 72.5 Å². The zero-order chi connectivity index (χ0) is 19.1. The number of ketones is 1. The van der Waals surface area contributed by atoms with Crippen molar-refractivity contribution < 1.29 is 27.9 Å². The third-order valence-electron chi connectivity index (χ3n) is 3.16. The van der Waals surface area contributed by atoms with Crippen LogP contribution in [-0.2, 0) is 14.3 Å². The first-order valence-electron chi connectivity index (χ1n) is 7.49. The predicted molar refractivity (Wildman–Crippen MR) is 93.1 cm³/mol. The second-order valence-electron chi connectivity index (χ2n) is 5.21. The van der Waals surface area contributed by atoms with Crippen LogP contribution in [-0.4, -0.2) is 30.0 Å². The van der Waals surface area contributed by atoms with Gasteiger partial charge in [0.2, 0.25) is 0 Å². The number of carbonyl (C=O) groups is 3. The number of Topliss-reactive ketones (excluding diaryl/α,β-unsaturated/α-hetero) is 1. The number of halogens is 2. The van der Waals surface area contributed by atoms with Gasteiger partial charge < -0.3 is 10.1 Å². The minimum atomic E-state index is -0.744. The molecule has 0 aromatic heterocycles. The molecule has 0 unspecified atom stereocenters. The molecule has 0 bridgehead atoms. The van der Waals surface area contributed by atoms with Gasteiger partial charge >= 0.3 is 5.97 Å². The summed E-state index contributed by atoms with van der Waals surface area (Å²) >= 11 is 0.771. The molecule has 0 saturated carbocycles. The molecule has 26 heavy (non-hydrogen) atoms. The van der Waals surface area contributed by atoms with Gasteiger partial charge in [0.1, 0.15) is 11.6 Å². The molecule has 0 radical (unpaired) electrons. The number of hydrogen-bond donors (Lipinski definition) is 1. The molecule has 2 aromatic carbocycles. The molecule has 0 aliphatic heterocycles. The average molecular weight is 379 g/mol. The summed E-state index contributed by atoms with van der Waals surface area (Å²) in [6, 6.07) is 9.24. The third kappa shape index (κ3) is 5.96. The highest BCUT2D eigenvalue weighted by molar-refractivity contribution is 8.00. The minimum absolute atomic E-state index is 0.0209. The van der Waals surface area contributed by atoms with Crippen molar-refractivity contribution in [2.75, 3.05) is 17.7 Å². The Morgan fingerprint density at radius 2 is 1.88 bits per heavy atom. The lowest BCUT2D eigenvalue weighted by molar-refractivity contribution is -0.144. The van der Waals surface area contributed by atoms with E-state index in [1.807, 2.05) is 0 Å². The van der Waals surface area contributed by atoms with Gasteiger partial charge in [-0.2, -0.15) is 0 Å². The maximum Gasteiger partial charge on any atom is 0.316 e. The van der Waals surface area contributed by atoms with Crippen molar-refractivity contribution in [1.29, 1.82) is 0 Å². The van der Waals surface area contributed by atoms with Crippen molar-refractivity contribution in [2.45, 2.75) is 11.8 Å². The minimum Gasteiger partial charge on any atom is -0.455 e. The number of amides is 1. The van der Waals surface area contributed by atoms with Gasteiger partial charge in [0, 0.05) is 16.1 Å². The first-order chi connectivity index (χ1) is 12.3. The van der Waals surface area contributed by atoms with Crippen LogP contribution in [0.3, 0.4) is 0 Å². The van der Waals surface area contributed by atoms with Crippen LogP contribution in [0.1, 0.15) is 17.3 Å². The van der Waals surface area contributed by atoms with Gasteiger partial charge in [-0.15, -0.1) is 11.8 Å². The van der Waals surface area contributed by atoms with Crippen LogP contribution >= 0.6 is 11.8 Å². The van der Waals surface area contributed by atoms with Gasteiger partial charge in [-0.3, -0.25) is 14.4 Å². The van der Waals surface area contributed by atoms with Gasteiger partial charge in [0.25, 0.3) is 5.91 Å². The summed E-state index contributed by atoms with van der Waals surface area (Å²) in [6.45, 7) is 0.872. The quantitative estimate of drug-likeness (QED) is 0.453. The van der Waals surface area contributed by atoms with E-state index in [2.05, 4.69) is 5.32 Å². The molecule has 0 aliphatic rings. The standard InChI is InChI=1S/C18H15F2NO4S/c1-11(22)12-3-2-4-14(7-12)21-17(23)9-25-18(24)10-26-16-8-13(19)5-6-15(16)20/h2-8H,9-10H2,1H3,(H,21,23). The summed E-state index contributed by atoms with van der Waals surface area (Å²) in [5.41, 5.74) is 0.836. The Balaban J connectivity index is 1.80. The number of thioether (sulfide) groups is 1. The number of carbonyl (C=O) groups excluding carboxylic acids is 3. The van der Waals surface area contributed by atoms with E-state index in [1.165, 1.54) is 13.0 Å². The number of nitrogens with one attached hydrogen (secondary N) is 1. The number of ether oxygens (including phenoxy) is 1. The van der Waals surface area contributed by atoms with Gasteiger partial charge in [0.15, 0.2) is 12.4 Å². The fourth-order valence-corrected chi connectivity index (χ4v) is 2.68. The van der Waals surface area contributed by atoms with Crippen LogP contribution in [0.15, 0.2) is 47.4 Å². The average Bonchev–Trinajstić information content (AvgIpc) is 2.61. The van der Waals surface area contributed by atoms with Crippen molar-refractivity contribution in [2.24, 2.45) is 0 Å². The van der Waals surface area contributed by atoms with Crippen molar-refractivity contribution in [3.63, 3.8) is 0 Å². The number of esters is 1. The zero-order valence-electron chi connectivity index (χ0n) is 13.8. The van der Waals surface area contributed by atoms with E-state index in [1.54, 1.807) is 18.2 Å². The molecule has 0 heterocycles. The molecule has 136 valence electrons. The monoisotopic (exact) mass is 379 g/mol. The molecule has 0 spiro atoms. The molecule has 0 aliphatic carbocycles. The lowest BCUT2D eigenvalue weighted by Gasteiger charge is -2.08. The first-order valence-corrected chi connectivity index (χ1v) is 8.48. The highest BCUT2D eigenvalue weighted by Gasteiger charge is 2.11. The van der Waals surface area contributed by atoms with Crippen LogP contribution in [0.25, 0.3) is 0 Å². The maximum atomic E-state index is 13.4. The Kier molecular flexibility index (Phi) is 6.85. The summed E-state index contributed by atoms with van der Waals surface area (Å²) in [6.07, 6.45) is 0. The van der Waals surface area contributed by atoms with Gasteiger partial charge in [0.05, 0.1) is 5.75 Å². The number of rotatable bonds is 7. The molecule has 2 aromatic rings. The fraction of sp³-hybridized carbons (Fsp3) is 0.167. The van der Waals surface area contributed by atoms with Crippen molar-refractivity contribution in [3.8, 4) is 0 Å². The smallest absolute Gasteiger partial charge is 0.316 e. The van der Waals surface area contributed by atoms with Crippen LogP contribution in [0.2, 0.25) is 0 Å². The molecule has 0 fully saturated rings. The Morgan fingerprint density at radius 1 is 1.12 bits per heavy atom. The predicted octanol–water partition coefficient (Wildman–Crippen LogP) is 3.44. The highest BCUT2D eigenvalue weighted by Crippen LogP contribution is 2.22. The molecule has 2 rings (SSSR count). The van der Waals surface area contributed by atoms with Crippen LogP contribution in [0.5, 0.6) is 0 Å². The first kappa shape index (κ1) is 19.6.